The molecule has 3 aromatic rings. The van der Waals surface area contributed by atoms with E-state index in [1.54, 1.807) is 11.8 Å². The molecule has 29 heavy (non-hydrogen) atoms. The van der Waals surface area contributed by atoms with Crippen molar-refractivity contribution in [3.63, 3.8) is 0 Å². The Kier molecular flexibility index (Phi) is 7.47. The highest BCUT2D eigenvalue weighted by atomic mass is 32.2. The van der Waals surface area contributed by atoms with Crippen molar-refractivity contribution in [3.8, 4) is 17.1 Å². The summed E-state index contributed by atoms with van der Waals surface area (Å²) >= 11 is 1.64. The number of nitrogens with one attached hydrogen (secondary N) is 1. The largest absolute Gasteiger partial charge is 0.356 e. The molecule has 0 fully saturated rings. The maximum Gasteiger partial charge on any atom is 0.220 e. The van der Waals surface area contributed by atoms with Gasteiger partial charge in [-0.2, -0.15) is 0 Å². The van der Waals surface area contributed by atoms with E-state index in [0.29, 0.717) is 12.3 Å². The number of benzene rings is 2. The van der Waals surface area contributed by atoms with Crippen LogP contribution in [0.25, 0.3) is 17.1 Å². The molecule has 0 saturated heterocycles. The summed E-state index contributed by atoms with van der Waals surface area (Å²) in [5.41, 5.74) is 3.26. The third-order valence-corrected chi connectivity index (χ3v) is 5.43. The molecule has 152 valence electrons. The second-order valence-electron chi connectivity index (χ2n) is 7.50. The zero-order chi connectivity index (χ0) is 20.6. The average Bonchev–Trinajstić information content (AvgIpc) is 3.14. The summed E-state index contributed by atoms with van der Waals surface area (Å²) < 4.78 is 2.10. The predicted octanol–water partition coefficient (Wildman–Crippen LogP) is 4.89. The van der Waals surface area contributed by atoms with Gasteiger partial charge in [-0.3, -0.25) is 9.36 Å². The molecule has 0 spiro atoms. The number of rotatable bonds is 9. The highest BCUT2D eigenvalue weighted by molar-refractivity contribution is 7.99. The first-order chi connectivity index (χ1) is 14.0. The van der Waals surface area contributed by atoms with Crippen LogP contribution in [-0.2, 0) is 4.79 Å². The average molecular weight is 409 g/mol. The number of aryl methyl sites for hydroxylation is 1. The fraction of sp³-hybridized carbons (Fsp3) is 0.348. The van der Waals surface area contributed by atoms with Crippen LogP contribution in [0.4, 0.5) is 0 Å². The molecular weight excluding hydrogens is 380 g/mol. The number of amides is 1. The Morgan fingerprint density at radius 1 is 1.10 bits per heavy atom. The first-order valence-corrected chi connectivity index (χ1v) is 11.0. The molecule has 0 bridgehead atoms. The minimum Gasteiger partial charge on any atom is -0.356 e. The van der Waals surface area contributed by atoms with Crippen LogP contribution in [0.5, 0.6) is 0 Å². The zero-order valence-electron chi connectivity index (χ0n) is 17.3. The van der Waals surface area contributed by atoms with Crippen LogP contribution in [0.15, 0.2) is 59.8 Å². The Balaban J connectivity index is 1.74. The van der Waals surface area contributed by atoms with Crippen molar-refractivity contribution in [2.24, 2.45) is 5.92 Å². The summed E-state index contributed by atoms with van der Waals surface area (Å²) in [6.07, 6.45) is 1.33. The van der Waals surface area contributed by atoms with E-state index in [9.17, 15) is 4.79 Å². The van der Waals surface area contributed by atoms with Crippen molar-refractivity contribution in [3.05, 3.63) is 60.2 Å². The van der Waals surface area contributed by atoms with Gasteiger partial charge in [0.15, 0.2) is 11.0 Å². The third kappa shape index (κ3) is 5.94. The van der Waals surface area contributed by atoms with E-state index in [1.807, 2.05) is 36.4 Å². The van der Waals surface area contributed by atoms with E-state index < -0.39 is 0 Å². The Morgan fingerprint density at radius 2 is 1.90 bits per heavy atom. The number of carbonyl (C=O) groups excluding carboxylic acids is 1. The van der Waals surface area contributed by atoms with E-state index in [0.717, 1.165) is 41.0 Å². The normalized spacial score (nSPS) is 11.0. The summed E-state index contributed by atoms with van der Waals surface area (Å²) in [5.74, 6) is 2.23. The molecule has 3 rings (SSSR count). The summed E-state index contributed by atoms with van der Waals surface area (Å²) in [7, 11) is 0. The quantitative estimate of drug-likeness (QED) is 0.405. The zero-order valence-corrected chi connectivity index (χ0v) is 18.1. The van der Waals surface area contributed by atoms with Gasteiger partial charge in [0.05, 0.1) is 0 Å². The van der Waals surface area contributed by atoms with Crippen molar-refractivity contribution < 1.29 is 4.79 Å². The highest BCUT2D eigenvalue weighted by Gasteiger charge is 2.16. The minimum absolute atomic E-state index is 0.115. The summed E-state index contributed by atoms with van der Waals surface area (Å²) in [6.45, 7) is 7.00. The second-order valence-corrected chi connectivity index (χ2v) is 8.56. The maximum atomic E-state index is 11.9. The molecule has 1 N–H and O–H groups in total. The molecule has 6 heteroatoms. The molecule has 0 saturated carbocycles. The van der Waals surface area contributed by atoms with Crippen molar-refractivity contribution in [2.45, 2.75) is 38.8 Å². The molecule has 0 aliphatic carbocycles. The van der Waals surface area contributed by atoms with Crippen LogP contribution in [-0.4, -0.2) is 33.0 Å². The molecule has 0 atom stereocenters. The molecule has 0 unspecified atom stereocenters. The van der Waals surface area contributed by atoms with Crippen LogP contribution >= 0.6 is 11.8 Å². The molecule has 1 heterocycles. The fourth-order valence-electron chi connectivity index (χ4n) is 2.94. The second kappa shape index (κ2) is 10.3. The number of carbonyl (C=O) groups is 1. The van der Waals surface area contributed by atoms with E-state index >= 15 is 0 Å². The lowest BCUT2D eigenvalue weighted by Crippen LogP contribution is -2.27. The summed E-state index contributed by atoms with van der Waals surface area (Å²) in [6, 6.07) is 18.4. The lowest BCUT2D eigenvalue weighted by molar-refractivity contribution is -0.121. The SMILES string of the molecule is Cc1cccc(-n2c(SCCCC(=O)NCC(C)C)nnc2-c2ccccc2)c1. The smallest absolute Gasteiger partial charge is 0.220 e. The highest BCUT2D eigenvalue weighted by Crippen LogP contribution is 2.28. The standard InChI is InChI=1S/C23H28N4OS/c1-17(2)16-24-21(28)13-8-14-29-23-26-25-22(19-10-5-4-6-11-19)27(23)20-12-7-9-18(3)15-20/h4-7,9-12,15,17H,8,13-14,16H2,1-3H3,(H,24,28). The summed E-state index contributed by atoms with van der Waals surface area (Å²) in [5, 5.41) is 12.7. The van der Waals surface area contributed by atoms with Crippen LogP contribution in [0, 0.1) is 12.8 Å². The molecule has 1 aromatic heterocycles. The molecule has 5 nitrogen and oxygen atoms in total. The van der Waals surface area contributed by atoms with Crippen molar-refractivity contribution >= 4 is 17.7 Å². The topological polar surface area (TPSA) is 59.8 Å². The number of hydrogen-bond acceptors (Lipinski definition) is 4. The van der Waals surface area contributed by atoms with Gasteiger partial charge >= 0.3 is 0 Å². The summed E-state index contributed by atoms with van der Waals surface area (Å²) in [4.78, 5) is 11.9. The van der Waals surface area contributed by atoms with Crippen molar-refractivity contribution in [2.75, 3.05) is 12.3 Å². The first kappa shape index (κ1) is 21.1. The van der Waals surface area contributed by atoms with Gasteiger partial charge in [0.25, 0.3) is 0 Å². The molecule has 2 aromatic carbocycles. The number of hydrogen-bond donors (Lipinski definition) is 1. The Bertz CT molecular complexity index is 937. The monoisotopic (exact) mass is 408 g/mol. The van der Waals surface area contributed by atoms with E-state index in [2.05, 4.69) is 59.1 Å². The van der Waals surface area contributed by atoms with Gasteiger partial charge in [0, 0.05) is 30.0 Å². The Hall–Kier alpha value is -2.60. The van der Waals surface area contributed by atoms with E-state index in [-0.39, 0.29) is 5.91 Å². The molecule has 0 aliphatic rings. The van der Waals surface area contributed by atoms with Crippen LogP contribution < -0.4 is 5.32 Å². The van der Waals surface area contributed by atoms with Gasteiger partial charge in [-0.15, -0.1) is 10.2 Å². The molecular formula is C23H28N4OS. The Labute approximate surface area is 176 Å². The number of thioether (sulfide) groups is 1. The number of aromatic nitrogens is 3. The lowest BCUT2D eigenvalue weighted by atomic mass is 10.2. The molecule has 1 amide bonds. The lowest BCUT2D eigenvalue weighted by Gasteiger charge is -2.11. The molecule has 0 radical (unpaired) electrons. The van der Waals surface area contributed by atoms with Gasteiger partial charge in [-0.25, -0.2) is 0 Å². The van der Waals surface area contributed by atoms with E-state index in [4.69, 9.17) is 0 Å². The van der Waals surface area contributed by atoms with E-state index in [1.165, 1.54) is 5.56 Å². The first-order valence-electron chi connectivity index (χ1n) is 10.0. The fourth-order valence-corrected chi connectivity index (χ4v) is 3.83. The molecule has 0 aliphatic heterocycles. The number of nitrogens with zero attached hydrogens (tertiary/aromatic N) is 3. The Morgan fingerprint density at radius 3 is 2.62 bits per heavy atom. The van der Waals surface area contributed by atoms with Crippen molar-refractivity contribution in [1.29, 1.82) is 0 Å². The van der Waals surface area contributed by atoms with Crippen molar-refractivity contribution in [1.82, 2.24) is 20.1 Å². The minimum atomic E-state index is 0.115. The van der Waals surface area contributed by atoms with Gasteiger partial charge in [0.2, 0.25) is 5.91 Å². The van der Waals surface area contributed by atoms with Gasteiger partial charge in [-0.1, -0.05) is 68.1 Å². The van der Waals surface area contributed by atoms with Crippen LogP contribution in [0.1, 0.15) is 32.3 Å². The predicted molar refractivity (Wildman–Crippen MR) is 119 cm³/mol. The maximum absolute atomic E-state index is 11.9. The van der Waals surface area contributed by atoms with Crippen LogP contribution in [0.2, 0.25) is 0 Å². The van der Waals surface area contributed by atoms with Gasteiger partial charge in [-0.05, 0) is 37.0 Å². The third-order valence-electron chi connectivity index (χ3n) is 4.41. The van der Waals surface area contributed by atoms with Gasteiger partial charge < -0.3 is 5.32 Å². The van der Waals surface area contributed by atoms with Crippen LogP contribution in [0.3, 0.4) is 0 Å². The van der Waals surface area contributed by atoms with Gasteiger partial charge in [0.1, 0.15) is 0 Å².